The molecule has 170 valence electrons. The van der Waals surface area contributed by atoms with Crippen molar-refractivity contribution < 1.29 is 22.7 Å². The maximum atomic E-state index is 13.4. The highest BCUT2D eigenvalue weighted by Gasteiger charge is 2.35. The third kappa shape index (κ3) is 5.50. The zero-order chi connectivity index (χ0) is 24.0. The van der Waals surface area contributed by atoms with E-state index in [4.69, 9.17) is 10.1 Å². The number of hydrazone groups is 1. The molecule has 3 aromatic rings. The van der Waals surface area contributed by atoms with Gasteiger partial charge in [-0.2, -0.15) is 18.3 Å². The number of methoxy groups -OCH3 is 1. The summed E-state index contributed by atoms with van der Waals surface area (Å²) in [6.07, 6.45) is -0.290. The van der Waals surface area contributed by atoms with Crippen LogP contribution in [0.15, 0.2) is 53.9 Å². The number of aryl methyl sites for hydroxylation is 1. The van der Waals surface area contributed by atoms with Crippen LogP contribution in [0, 0.1) is 12.3 Å². The van der Waals surface area contributed by atoms with Gasteiger partial charge in [0.15, 0.2) is 5.82 Å². The van der Waals surface area contributed by atoms with Gasteiger partial charge in [-0.25, -0.2) is 4.98 Å². The minimum absolute atomic E-state index is 0.126. The van der Waals surface area contributed by atoms with Crippen molar-refractivity contribution in [3.8, 4) is 17.0 Å². The molecule has 0 fully saturated rings. The van der Waals surface area contributed by atoms with Crippen molar-refractivity contribution in [3.05, 3.63) is 65.5 Å². The van der Waals surface area contributed by atoms with Crippen LogP contribution in [0.4, 0.5) is 24.7 Å². The molecular weight excluding hydrogens is 437 g/mol. The van der Waals surface area contributed by atoms with E-state index in [1.165, 1.54) is 13.2 Å². The molecule has 1 amide bonds. The van der Waals surface area contributed by atoms with Gasteiger partial charge in [0.1, 0.15) is 11.3 Å². The van der Waals surface area contributed by atoms with Crippen LogP contribution in [0.2, 0.25) is 0 Å². The minimum Gasteiger partial charge on any atom is -0.496 e. The van der Waals surface area contributed by atoms with Gasteiger partial charge in [-0.15, -0.1) is 0 Å². The molecule has 0 aliphatic heterocycles. The molecule has 0 radical (unpaired) electrons. The Morgan fingerprint density at radius 2 is 2.00 bits per heavy atom. The average Bonchev–Trinajstić information content (AvgIpc) is 2.79. The number of ether oxygens (including phenoxy) is 1. The number of carbonyl (C=O) groups excluding carboxylic acids is 1. The SMILES string of the molecule is COc1cc(-c2ncccc2C)ccc1C(=O)Nc1cnc(N/N=C\C=N)c(C(F)(F)F)c1. The van der Waals surface area contributed by atoms with E-state index in [9.17, 15) is 18.0 Å². The van der Waals surface area contributed by atoms with E-state index in [0.29, 0.717) is 0 Å². The number of amides is 1. The Morgan fingerprint density at radius 3 is 2.67 bits per heavy atom. The van der Waals surface area contributed by atoms with Crippen LogP contribution in [-0.4, -0.2) is 35.4 Å². The number of pyridine rings is 2. The third-order valence-electron chi connectivity index (χ3n) is 4.50. The van der Waals surface area contributed by atoms with E-state index in [0.717, 1.165) is 41.5 Å². The van der Waals surface area contributed by atoms with Crippen LogP contribution in [0.25, 0.3) is 11.3 Å². The molecule has 3 N–H and O–H groups in total. The van der Waals surface area contributed by atoms with Gasteiger partial charge in [0.2, 0.25) is 0 Å². The van der Waals surface area contributed by atoms with E-state index in [-0.39, 0.29) is 17.0 Å². The predicted molar refractivity (Wildman–Crippen MR) is 119 cm³/mol. The largest absolute Gasteiger partial charge is 0.496 e. The van der Waals surface area contributed by atoms with Gasteiger partial charge in [0.05, 0.1) is 36.5 Å². The number of anilines is 2. The van der Waals surface area contributed by atoms with Crippen molar-refractivity contribution >= 4 is 29.8 Å². The standard InChI is InChI=1S/C22H19F3N6O2/c1-13-4-3-8-27-19(13)14-5-6-16(18(10-14)33-2)21(32)30-15-11-17(22(23,24)25)20(28-12-15)31-29-9-7-26/h3-12,26H,1-2H3,(H,28,31)(H,30,32)/b26-7?,29-9-. The second-order valence-electron chi connectivity index (χ2n) is 6.71. The number of rotatable bonds is 7. The molecular formula is C22H19F3N6O2. The van der Waals surface area contributed by atoms with E-state index in [1.54, 1.807) is 18.3 Å². The normalized spacial score (nSPS) is 11.3. The Labute approximate surface area is 187 Å². The summed E-state index contributed by atoms with van der Waals surface area (Å²) in [6.45, 7) is 1.90. The van der Waals surface area contributed by atoms with E-state index in [2.05, 4.69) is 25.8 Å². The number of alkyl halides is 3. The highest BCUT2D eigenvalue weighted by atomic mass is 19.4. The van der Waals surface area contributed by atoms with Gasteiger partial charge in [0.25, 0.3) is 5.91 Å². The van der Waals surface area contributed by atoms with Crippen LogP contribution < -0.4 is 15.5 Å². The van der Waals surface area contributed by atoms with Crippen LogP contribution in [0.5, 0.6) is 5.75 Å². The molecule has 2 heterocycles. The number of halogens is 3. The first-order valence-corrected chi connectivity index (χ1v) is 9.51. The van der Waals surface area contributed by atoms with E-state index >= 15 is 0 Å². The van der Waals surface area contributed by atoms with Crippen molar-refractivity contribution in [2.24, 2.45) is 5.10 Å². The maximum absolute atomic E-state index is 13.4. The summed E-state index contributed by atoms with van der Waals surface area (Å²) < 4.78 is 45.6. The molecule has 0 unspecified atom stereocenters. The summed E-state index contributed by atoms with van der Waals surface area (Å²) in [7, 11) is 1.39. The number of carbonyl (C=O) groups is 1. The molecule has 0 spiro atoms. The molecule has 0 saturated heterocycles. The first-order chi connectivity index (χ1) is 15.7. The second kappa shape index (κ2) is 9.90. The molecule has 0 aliphatic rings. The van der Waals surface area contributed by atoms with Crippen molar-refractivity contribution in [1.82, 2.24) is 9.97 Å². The smallest absolute Gasteiger partial charge is 0.420 e. The third-order valence-corrected chi connectivity index (χ3v) is 4.50. The highest BCUT2D eigenvalue weighted by molar-refractivity contribution is 6.14. The van der Waals surface area contributed by atoms with Crippen molar-refractivity contribution in [2.75, 3.05) is 17.9 Å². The summed E-state index contributed by atoms with van der Waals surface area (Å²) in [5.41, 5.74) is 3.33. The number of aromatic nitrogens is 2. The van der Waals surface area contributed by atoms with Crippen LogP contribution in [0.3, 0.4) is 0 Å². The lowest BCUT2D eigenvalue weighted by Gasteiger charge is -2.15. The molecule has 1 aromatic carbocycles. The molecule has 33 heavy (non-hydrogen) atoms. The summed E-state index contributed by atoms with van der Waals surface area (Å²) in [5, 5.41) is 12.7. The predicted octanol–water partition coefficient (Wildman–Crippen LogP) is 4.78. The van der Waals surface area contributed by atoms with Gasteiger partial charge in [0, 0.05) is 18.0 Å². The second-order valence-corrected chi connectivity index (χ2v) is 6.71. The van der Waals surface area contributed by atoms with E-state index in [1.807, 2.05) is 19.1 Å². The lowest BCUT2D eigenvalue weighted by atomic mass is 10.0. The Kier molecular flexibility index (Phi) is 7.01. The van der Waals surface area contributed by atoms with Crippen molar-refractivity contribution in [1.29, 1.82) is 5.41 Å². The van der Waals surface area contributed by atoms with Crippen LogP contribution in [-0.2, 0) is 6.18 Å². The Hall–Kier alpha value is -4.28. The van der Waals surface area contributed by atoms with E-state index < -0.39 is 23.5 Å². The monoisotopic (exact) mass is 456 g/mol. The fourth-order valence-corrected chi connectivity index (χ4v) is 2.99. The van der Waals surface area contributed by atoms with Crippen LogP contribution >= 0.6 is 0 Å². The molecule has 3 rings (SSSR count). The summed E-state index contributed by atoms with van der Waals surface area (Å²) >= 11 is 0. The lowest BCUT2D eigenvalue weighted by molar-refractivity contribution is -0.137. The number of nitrogens with zero attached hydrogens (tertiary/aromatic N) is 3. The number of hydrogen-bond donors (Lipinski definition) is 3. The van der Waals surface area contributed by atoms with Crippen molar-refractivity contribution in [3.63, 3.8) is 0 Å². The first kappa shape index (κ1) is 23.4. The number of hydrogen-bond acceptors (Lipinski definition) is 7. The minimum atomic E-state index is -4.75. The van der Waals surface area contributed by atoms with Gasteiger partial charge < -0.3 is 15.5 Å². The molecule has 0 saturated carbocycles. The van der Waals surface area contributed by atoms with Gasteiger partial charge in [-0.1, -0.05) is 12.1 Å². The van der Waals surface area contributed by atoms with Gasteiger partial charge in [-0.05, 0) is 36.8 Å². The molecule has 11 heteroatoms. The maximum Gasteiger partial charge on any atom is 0.420 e. The van der Waals surface area contributed by atoms with Gasteiger partial charge in [-0.3, -0.25) is 15.2 Å². The lowest BCUT2D eigenvalue weighted by Crippen LogP contribution is -2.16. The first-order valence-electron chi connectivity index (χ1n) is 9.51. The average molecular weight is 456 g/mol. The zero-order valence-electron chi connectivity index (χ0n) is 17.6. The Morgan fingerprint density at radius 1 is 1.21 bits per heavy atom. The quantitative estimate of drug-likeness (QED) is 0.350. The highest BCUT2D eigenvalue weighted by Crippen LogP contribution is 2.35. The molecule has 0 aliphatic carbocycles. The summed E-state index contributed by atoms with van der Waals surface area (Å²) in [6, 6.07) is 9.28. The van der Waals surface area contributed by atoms with Crippen molar-refractivity contribution in [2.45, 2.75) is 13.1 Å². The molecule has 8 nitrogen and oxygen atoms in total. The fourth-order valence-electron chi connectivity index (χ4n) is 2.99. The zero-order valence-corrected chi connectivity index (χ0v) is 17.6. The Bertz CT molecular complexity index is 1210. The van der Waals surface area contributed by atoms with Crippen LogP contribution in [0.1, 0.15) is 21.5 Å². The molecule has 0 atom stereocenters. The summed E-state index contributed by atoms with van der Waals surface area (Å²) in [4.78, 5) is 20.8. The number of nitrogens with one attached hydrogen (secondary N) is 3. The molecule has 0 bridgehead atoms. The summed E-state index contributed by atoms with van der Waals surface area (Å²) in [5.74, 6) is -1.00. The fraction of sp³-hybridized carbons (Fsp3) is 0.136. The van der Waals surface area contributed by atoms with Gasteiger partial charge >= 0.3 is 6.18 Å². The Balaban J connectivity index is 1.90. The number of benzene rings is 1. The molecule has 2 aromatic heterocycles. The topological polar surface area (TPSA) is 112 Å².